The van der Waals surface area contributed by atoms with Gasteiger partial charge in [-0.25, -0.2) is 0 Å². The van der Waals surface area contributed by atoms with E-state index >= 15 is 0 Å². The molecule has 1 aliphatic heterocycles. The van der Waals surface area contributed by atoms with E-state index in [1.165, 1.54) is 56.1 Å². The van der Waals surface area contributed by atoms with Crippen molar-refractivity contribution in [2.24, 2.45) is 22.7 Å². The number of hydrogen-bond donors (Lipinski definition) is 0. The van der Waals surface area contributed by atoms with Crippen LogP contribution in [0.25, 0.3) is 0 Å². The summed E-state index contributed by atoms with van der Waals surface area (Å²) < 4.78 is 11.3. The van der Waals surface area contributed by atoms with E-state index in [1.54, 1.807) is 6.26 Å². The van der Waals surface area contributed by atoms with Crippen molar-refractivity contribution < 1.29 is 9.15 Å². The van der Waals surface area contributed by atoms with Gasteiger partial charge in [0.1, 0.15) is 0 Å². The lowest BCUT2D eigenvalue weighted by Crippen LogP contribution is -2.50. The maximum absolute atomic E-state index is 6.14. The van der Waals surface area contributed by atoms with Gasteiger partial charge in [-0.05, 0) is 85.7 Å². The highest BCUT2D eigenvalue weighted by Crippen LogP contribution is 2.62. The van der Waals surface area contributed by atoms with Crippen LogP contribution in [0.3, 0.4) is 0 Å². The fraction of sp³-hybridized carbons (Fsp3) is 0.680. The second kappa shape index (κ2) is 7.28. The molecule has 27 heavy (non-hydrogen) atoms. The van der Waals surface area contributed by atoms with Gasteiger partial charge in [0.05, 0.1) is 25.2 Å². The number of hydrogen-bond acceptors (Lipinski definition) is 2. The van der Waals surface area contributed by atoms with Crippen LogP contribution in [0.4, 0.5) is 0 Å². The molecular weight excluding hydrogens is 332 g/mol. The summed E-state index contributed by atoms with van der Waals surface area (Å²) in [6, 6.07) is 2.02. The first-order chi connectivity index (χ1) is 12.9. The highest BCUT2D eigenvalue weighted by atomic mass is 16.5. The topological polar surface area (TPSA) is 22.4 Å². The van der Waals surface area contributed by atoms with Crippen LogP contribution in [0.2, 0.25) is 0 Å². The summed E-state index contributed by atoms with van der Waals surface area (Å²) in [5, 5.41) is 0. The van der Waals surface area contributed by atoms with Gasteiger partial charge in [-0.2, -0.15) is 0 Å². The lowest BCUT2D eigenvalue weighted by atomic mass is 9.46. The van der Waals surface area contributed by atoms with E-state index in [-0.39, 0.29) is 6.10 Å². The lowest BCUT2D eigenvalue weighted by molar-refractivity contribution is -0.0551. The van der Waals surface area contributed by atoms with Crippen LogP contribution in [-0.2, 0) is 4.74 Å². The highest BCUT2D eigenvalue weighted by molar-refractivity contribution is 5.20. The molecule has 0 N–H and O–H groups in total. The van der Waals surface area contributed by atoms with Gasteiger partial charge in [0.15, 0.2) is 0 Å². The fourth-order valence-electron chi connectivity index (χ4n) is 6.29. The standard InChI is InChI=1S/C25H36O2/c1-18-6-5-7-23-24(18,3)13-10-19(2)25(23,4)14-11-20-8-9-22(27-16-20)21-12-15-26-17-21/h8,12,15,17,19,22-23H,1,5-7,9-11,13-14,16H2,2-4H3/t19-,22-,23+,24+,25+/m1/s1. The first-order valence-corrected chi connectivity index (χ1v) is 10.9. The molecule has 0 saturated heterocycles. The zero-order valence-electron chi connectivity index (χ0n) is 17.4. The Morgan fingerprint density at radius 3 is 2.81 bits per heavy atom. The van der Waals surface area contributed by atoms with E-state index in [0.29, 0.717) is 10.8 Å². The molecule has 148 valence electrons. The van der Waals surface area contributed by atoms with Crippen molar-refractivity contribution >= 4 is 0 Å². The molecule has 0 amide bonds. The third kappa shape index (κ3) is 3.35. The van der Waals surface area contributed by atoms with E-state index in [2.05, 4.69) is 33.4 Å². The van der Waals surface area contributed by atoms with Crippen LogP contribution in [0, 0.1) is 22.7 Å². The summed E-state index contributed by atoms with van der Waals surface area (Å²) in [4.78, 5) is 0. The SMILES string of the molecule is C=C1CCC[C@@H]2[C@@](C)(CCC3=CC[C@H](c4ccoc4)OC3)[C@H](C)CC[C@@]12C. The Bertz CT molecular complexity index is 700. The van der Waals surface area contributed by atoms with E-state index in [0.717, 1.165) is 30.4 Å². The summed E-state index contributed by atoms with van der Waals surface area (Å²) >= 11 is 0. The Morgan fingerprint density at radius 1 is 1.26 bits per heavy atom. The molecule has 0 unspecified atom stereocenters. The van der Waals surface area contributed by atoms with Crippen LogP contribution in [0.15, 0.2) is 46.8 Å². The highest BCUT2D eigenvalue weighted by Gasteiger charge is 2.53. The van der Waals surface area contributed by atoms with Crippen molar-refractivity contribution in [3.8, 4) is 0 Å². The van der Waals surface area contributed by atoms with Crippen molar-refractivity contribution in [2.45, 2.75) is 78.2 Å². The maximum Gasteiger partial charge on any atom is 0.0960 e. The molecule has 2 fully saturated rings. The van der Waals surface area contributed by atoms with E-state index in [1.807, 2.05) is 12.3 Å². The van der Waals surface area contributed by atoms with Gasteiger partial charge >= 0.3 is 0 Å². The quantitative estimate of drug-likeness (QED) is 0.522. The van der Waals surface area contributed by atoms with Gasteiger partial charge in [-0.1, -0.05) is 39.0 Å². The molecule has 0 radical (unpaired) electrons. The van der Waals surface area contributed by atoms with Crippen molar-refractivity contribution in [3.63, 3.8) is 0 Å². The third-order valence-electron chi connectivity index (χ3n) is 8.56. The normalized spacial score (nSPS) is 39.7. The molecule has 1 aromatic heterocycles. The van der Waals surface area contributed by atoms with Crippen LogP contribution >= 0.6 is 0 Å². The van der Waals surface area contributed by atoms with Gasteiger partial charge < -0.3 is 9.15 Å². The summed E-state index contributed by atoms with van der Waals surface area (Å²) in [6.07, 6.45) is 16.2. The molecule has 0 bridgehead atoms. The zero-order chi connectivity index (χ0) is 19.1. The largest absolute Gasteiger partial charge is 0.472 e. The second-order valence-electron chi connectivity index (χ2n) is 9.87. The molecule has 2 saturated carbocycles. The molecule has 2 nitrogen and oxygen atoms in total. The Hall–Kier alpha value is -1.28. The summed E-state index contributed by atoms with van der Waals surface area (Å²) in [5.74, 6) is 1.59. The van der Waals surface area contributed by atoms with Gasteiger partial charge in [-0.3, -0.25) is 0 Å². The number of fused-ring (bicyclic) bond motifs is 1. The first-order valence-electron chi connectivity index (χ1n) is 10.9. The number of rotatable bonds is 4. The smallest absolute Gasteiger partial charge is 0.0960 e. The predicted octanol–water partition coefficient (Wildman–Crippen LogP) is 7.25. The molecule has 2 heteroatoms. The van der Waals surface area contributed by atoms with Gasteiger partial charge in [-0.15, -0.1) is 0 Å². The average molecular weight is 369 g/mol. The Labute approximate surface area is 165 Å². The van der Waals surface area contributed by atoms with Crippen molar-refractivity contribution in [2.75, 3.05) is 6.61 Å². The summed E-state index contributed by atoms with van der Waals surface area (Å²) in [5.41, 5.74) is 4.96. The van der Waals surface area contributed by atoms with Gasteiger partial charge in [0, 0.05) is 5.56 Å². The van der Waals surface area contributed by atoms with Crippen LogP contribution in [-0.4, -0.2) is 6.61 Å². The molecule has 5 atom stereocenters. The van der Waals surface area contributed by atoms with Crippen molar-refractivity contribution in [1.82, 2.24) is 0 Å². The molecule has 3 aliphatic rings. The molecule has 0 aromatic carbocycles. The van der Waals surface area contributed by atoms with Crippen LogP contribution < -0.4 is 0 Å². The minimum atomic E-state index is 0.168. The minimum Gasteiger partial charge on any atom is -0.472 e. The average Bonchev–Trinajstić information content (AvgIpc) is 3.21. The molecule has 2 aliphatic carbocycles. The van der Waals surface area contributed by atoms with E-state index < -0.39 is 0 Å². The zero-order valence-corrected chi connectivity index (χ0v) is 17.4. The summed E-state index contributed by atoms with van der Waals surface area (Å²) in [6.45, 7) is 12.9. The number of furan rings is 1. The molecule has 0 spiro atoms. The van der Waals surface area contributed by atoms with E-state index in [4.69, 9.17) is 9.15 Å². The van der Waals surface area contributed by atoms with E-state index in [9.17, 15) is 0 Å². The second-order valence-corrected chi connectivity index (χ2v) is 9.87. The molecule has 2 heterocycles. The van der Waals surface area contributed by atoms with Crippen molar-refractivity contribution in [1.29, 1.82) is 0 Å². The monoisotopic (exact) mass is 368 g/mol. The summed E-state index contributed by atoms with van der Waals surface area (Å²) in [7, 11) is 0. The molecule has 1 aromatic rings. The number of ether oxygens (including phenoxy) is 1. The first kappa shape index (κ1) is 19.1. The molecular formula is C25H36O2. The van der Waals surface area contributed by atoms with Gasteiger partial charge in [0.25, 0.3) is 0 Å². The predicted molar refractivity (Wildman–Crippen MR) is 110 cm³/mol. The fourth-order valence-corrected chi connectivity index (χ4v) is 6.29. The van der Waals surface area contributed by atoms with Crippen molar-refractivity contribution in [3.05, 3.63) is 48.0 Å². The van der Waals surface area contributed by atoms with Gasteiger partial charge in [0.2, 0.25) is 0 Å². The maximum atomic E-state index is 6.14. The molecule has 4 rings (SSSR count). The van der Waals surface area contributed by atoms with Crippen LogP contribution in [0.5, 0.6) is 0 Å². The minimum absolute atomic E-state index is 0.168. The Balaban J connectivity index is 1.44. The number of allylic oxidation sites excluding steroid dienone is 1. The lowest BCUT2D eigenvalue weighted by Gasteiger charge is -2.59. The van der Waals surface area contributed by atoms with Crippen LogP contribution in [0.1, 0.15) is 83.8 Å². The third-order valence-corrected chi connectivity index (χ3v) is 8.56. The Morgan fingerprint density at radius 2 is 2.11 bits per heavy atom. The Kier molecular flexibility index (Phi) is 5.14.